The van der Waals surface area contributed by atoms with Gasteiger partial charge in [0.1, 0.15) is 5.69 Å². The molecule has 1 saturated heterocycles. The fraction of sp³-hybridized carbons (Fsp3) is 0.417. The molecule has 0 bridgehead atoms. The third-order valence-corrected chi connectivity index (χ3v) is 6.59. The Balaban J connectivity index is 1.58. The van der Waals surface area contributed by atoms with Gasteiger partial charge in [-0.05, 0) is 49.3 Å². The second-order valence-electron chi connectivity index (χ2n) is 8.73. The first kappa shape index (κ1) is 21.0. The number of hydrogen-bond acceptors (Lipinski definition) is 5. The third-order valence-electron chi connectivity index (χ3n) is 6.59. The molecule has 0 unspecified atom stereocenters. The van der Waals surface area contributed by atoms with E-state index in [-0.39, 0.29) is 29.3 Å². The Labute approximate surface area is 181 Å². The van der Waals surface area contributed by atoms with Gasteiger partial charge in [0.2, 0.25) is 11.8 Å². The first-order chi connectivity index (χ1) is 14.9. The lowest BCUT2D eigenvalue weighted by Crippen LogP contribution is -2.31. The number of fused-ring (bicyclic) bond motifs is 1. The van der Waals surface area contributed by atoms with E-state index in [1.165, 1.54) is 11.0 Å². The smallest absolute Gasteiger partial charge is 0.294 e. The van der Waals surface area contributed by atoms with Crippen LogP contribution in [0, 0.1) is 27.9 Å². The summed E-state index contributed by atoms with van der Waals surface area (Å²) in [4.78, 5) is 40.3. The van der Waals surface area contributed by atoms with Crippen LogP contribution in [0.3, 0.4) is 0 Å². The molecule has 2 aromatic rings. The van der Waals surface area contributed by atoms with Crippen LogP contribution in [0.4, 0.5) is 17.1 Å². The number of nitro benzene ring substituents is 1. The molecule has 1 aliphatic carbocycles. The average Bonchev–Trinajstić information content (AvgIpc) is 3.01. The SMILES string of the molecule is C[C@@H]1CC[C@@H]2C(=O)N(c3ccc(N(C)CCc4ccccc4)c([N+](=O)[O-])c3)C(=O)[C@H]2C1. The van der Waals surface area contributed by atoms with Crippen LogP contribution in [-0.4, -0.2) is 30.3 Å². The van der Waals surface area contributed by atoms with E-state index in [1.807, 2.05) is 42.3 Å². The maximum atomic E-state index is 13.0. The number of rotatable bonds is 6. The molecular formula is C24H27N3O4. The second kappa shape index (κ2) is 8.49. The normalized spacial score (nSPS) is 23.0. The van der Waals surface area contributed by atoms with Gasteiger partial charge in [-0.15, -0.1) is 0 Å². The van der Waals surface area contributed by atoms with Gasteiger partial charge in [-0.2, -0.15) is 0 Å². The van der Waals surface area contributed by atoms with Crippen LogP contribution < -0.4 is 9.80 Å². The quantitative estimate of drug-likeness (QED) is 0.397. The van der Waals surface area contributed by atoms with E-state index in [2.05, 4.69) is 6.92 Å². The van der Waals surface area contributed by atoms with Crippen molar-refractivity contribution in [1.82, 2.24) is 0 Å². The maximum absolute atomic E-state index is 13.0. The zero-order valence-electron chi connectivity index (χ0n) is 17.9. The molecule has 0 radical (unpaired) electrons. The van der Waals surface area contributed by atoms with Gasteiger partial charge in [0.05, 0.1) is 22.4 Å². The summed E-state index contributed by atoms with van der Waals surface area (Å²) in [5, 5.41) is 11.8. The van der Waals surface area contributed by atoms with Crippen molar-refractivity contribution in [2.45, 2.75) is 32.6 Å². The number of benzene rings is 2. The highest BCUT2D eigenvalue weighted by Crippen LogP contribution is 2.43. The topological polar surface area (TPSA) is 83.8 Å². The molecule has 0 N–H and O–H groups in total. The lowest BCUT2D eigenvalue weighted by atomic mass is 9.76. The zero-order valence-corrected chi connectivity index (χ0v) is 17.9. The molecule has 0 spiro atoms. The number of hydrogen-bond donors (Lipinski definition) is 0. The molecule has 7 heteroatoms. The fourth-order valence-electron chi connectivity index (χ4n) is 4.83. The number of nitrogens with zero attached hydrogens (tertiary/aromatic N) is 3. The minimum absolute atomic E-state index is 0.100. The summed E-state index contributed by atoms with van der Waals surface area (Å²) in [6, 6.07) is 14.6. The van der Waals surface area contributed by atoms with Gasteiger partial charge in [0.15, 0.2) is 0 Å². The Bertz CT molecular complexity index is 1010. The molecule has 1 heterocycles. The number of nitro groups is 1. The number of amides is 2. The van der Waals surface area contributed by atoms with Crippen LogP contribution in [-0.2, 0) is 16.0 Å². The van der Waals surface area contributed by atoms with E-state index in [4.69, 9.17) is 0 Å². The summed E-state index contributed by atoms with van der Waals surface area (Å²) in [5.74, 6) is -0.630. The van der Waals surface area contributed by atoms with E-state index >= 15 is 0 Å². The van der Waals surface area contributed by atoms with Crippen LogP contribution in [0.1, 0.15) is 31.7 Å². The number of likely N-dealkylation sites (N-methyl/N-ethyl adjacent to an activating group) is 1. The lowest BCUT2D eigenvalue weighted by molar-refractivity contribution is -0.384. The van der Waals surface area contributed by atoms with E-state index in [0.717, 1.165) is 18.4 Å². The van der Waals surface area contributed by atoms with Crippen molar-refractivity contribution in [3.63, 3.8) is 0 Å². The van der Waals surface area contributed by atoms with Crippen molar-refractivity contribution in [1.29, 1.82) is 0 Å². The largest absolute Gasteiger partial charge is 0.369 e. The predicted molar refractivity (Wildman–Crippen MR) is 119 cm³/mol. The van der Waals surface area contributed by atoms with Gasteiger partial charge in [-0.3, -0.25) is 19.7 Å². The number of imide groups is 1. The van der Waals surface area contributed by atoms with Crippen LogP contribution in [0.15, 0.2) is 48.5 Å². The molecule has 1 saturated carbocycles. The van der Waals surface area contributed by atoms with Gasteiger partial charge in [-0.1, -0.05) is 37.3 Å². The number of carbonyl (C=O) groups is 2. The monoisotopic (exact) mass is 421 g/mol. The van der Waals surface area contributed by atoms with Crippen molar-refractivity contribution in [2.24, 2.45) is 17.8 Å². The Morgan fingerprint density at radius 1 is 1.06 bits per heavy atom. The highest BCUT2D eigenvalue weighted by Gasteiger charge is 2.50. The molecule has 31 heavy (non-hydrogen) atoms. The van der Waals surface area contributed by atoms with Crippen LogP contribution in [0.25, 0.3) is 0 Å². The van der Waals surface area contributed by atoms with Gasteiger partial charge in [0.25, 0.3) is 5.69 Å². The standard InChI is InChI=1S/C24H27N3O4/c1-16-8-10-19-20(14-16)24(29)26(23(19)28)18-9-11-21(22(15-18)27(30)31)25(2)13-12-17-6-4-3-5-7-17/h3-7,9,11,15-16,19-20H,8,10,12-14H2,1-2H3/t16-,19+,20+/m1/s1. The van der Waals surface area contributed by atoms with Gasteiger partial charge < -0.3 is 4.90 Å². The zero-order chi connectivity index (χ0) is 22.1. The van der Waals surface area contributed by atoms with Crippen molar-refractivity contribution in [3.05, 3.63) is 64.2 Å². The predicted octanol–water partition coefficient (Wildman–Crippen LogP) is 4.20. The molecule has 2 aliphatic rings. The van der Waals surface area contributed by atoms with Crippen molar-refractivity contribution >= 4 is 28.9 Å². The molecule has 3 atom stereocenters. The van der Waals surface area contributed by atoms with E-state index in [1.54, 1.807) is 12.1 Å². The Kier molecular flexibility index (Phi) is 5.76. The summed E-state index contributed by atoms with van der Waals surface area (Å²) in [5.41, 5.74) is 1.81. The highest BCUT2D eigenvalue weighted by atomic mass is 16.6. The summed E-state index contributed by atoms with van der Waals surface area (Å²) < 4.78 is 0. The van der Waals surface area contributed by atoms with E-state index in [0.29, 0.717) is 36.7 Å². The molecule has 7 nitrogen and oxygen atoms in total. The molecule has 2 aromatic carbocycles. The van der Waals surface area contributed by atoms with Crippen molar-refractivity contribution < 1.29 is 14.5 Å². The van der Waals surface area contributed by atoms with Crippen LogP contribution in [0.5, 0.6) is 0 Å². The Morgan fingerprint density at radius 3 is 2.48 bits per heavy atom. The molecular weight excluding hydrogens is 394 g/mol. The summed E-state index contributed by atoms with van der Waals surface area (Å²) in [7, 11) is 1.81. The Morgan fingerprint density at radius 2 is 1.77 bits per heavy atom. The summed E-state index contributed by atoms with van der Waals surface area (Å²) in [6.07, 6.45) is 3.09. The second-order valence-corrected chi connectivity index (χ2v) is 8.73. The molecule has 0 aromatic heterocycles. The van der Waals surface area contributed by atoms with Gasteiger partial charge in [0, 0.05) is 19.7 Å². The summed E-state index contributed by atoms with van der Waals surface area (Å²) >= 11 is 0. The fourth-order valence-corrected chi connectivity index (χ4v) is 4.83. The summed E-state index contributed by atoms with van der Waals surface area (Å²) in [6.45, 7) is 2.70. The number of anilines is 2. The molecule has 162 valence electrons. The highest BCUT2D eigenvalue weighted by molar-refractivity contribution is 6.22. The first-order valence-corrected chi connectivity index (χ1v) is 10.8. The van der Waals surface area contributed by atoms with Gasteiger partial charge >= 0.3 is 0 Å². The van der Waals surface area contributed by atoms with E-state index < -0.39 is 4.92 Å². The first-order valence-electron chi connectivity index (χ1n) is 10.8. The lowest BCUT2D eigenvalue weighted by Gasteiger charge is -2.25. The molecule has 1 aliphatic heterocycles. The van der Waals surface area contributed by atoms with Crippen molar-refractivity contribution in [2.75, 3.05) is 23.4 Å². The third kappa shape index (κ3) is 4.04. The number of carbonyl (C=O) groups excluding carboxylic acids is 2. The van der Waals surface area contributed by atoms with Gasteiger partial charge in [-0.25, -0.2) is 4.90 Å². The Hall–Kier alpha value is -3.22. The van der Waals surface area contributed by atoms with E-state index in [9.17, 15) is 19.7 Å². The molecule has 2 amide bonds. The molecule has 4 rings (SSSR count). The van der Waals surface area contributed by atoms with Crippen molar-refractivity contribution in [3.8, 4) is 0 Å². The van der Waals surface area contributed by atoms with Crippen LogP contribution in [0.2, 0.25) is 0 Å². The van der Waals surface area contributed by atoms with Crippen LogP contribution >= 0.6 is 0 Å². The maximum Gasteiger partial charge on any atom is 0.294 e. The average molecular weight is 421 g/mol. The minimum atomic E-state index is -0.446. The molecule has 2 fully saturated rings. The minimum Gasteiger partial charge on any atom is -0.369 e.